The summed E-state index contributed by atoms with van der Waals surface area (Å²) in [5, 5.41) is 8.71. The number of aliphatic imine (C=N–C) groups is 1. The van der Waals surface area contributed by atoms with Gasteiger partial charge in [-0.15, -0.1) is 0 Å². The highest BCUT2D eigenvalue weighted by Crippen LogP contribution is 2.39. The molecular formula is C44H48N8O6. The summed E-state index contributed by atoms with van der Waals surface area (Å²) < 4.78 is 15.4. The first kappa shape index (κ1) is 39.4. The van der Waals surface area contributed by atoms with Crippen LogP contribution in [0, 0.1) is 0 Å². The van der Waals surface area contributed by atoms with Crippen molar-refractivity contribution >= 4 is 58.3 Å². The van der Waals surface area contributed by atoms with Gasteiger partial charge in [0.15, 0.2) is 11.5 Å². The molecule has 0 saturated carbocycles. The Labute approximate surface area is 337 Å². The van der Waals surface area contributed by atoms with Crippen molar-refractivity contribution in [1.82, 2.24) is 14.0 Å². The number of hydrogen-bond acceptors (Lipinski definition) is 8. The molecule has 0 bridgehead atoms. The standard InChI is InChI=1S/C44H48N8O6/c1-5-34(58-40-23-36-35(22-39(40)57-4)44(56)52-19-7-6-8-33(52)24-46-36)17-18-41(53)47-32-21-38(51(3)26-32)43(55)48-30-13-9-27(10-14-30)28-20-37(50(2)25-28)42(54)49-31-15-11-29(45)12-16-31/h9-16,20-26,33-34H,5-8,17-19,45H2,1-4H3,(H,47,53)(H,48,55)(H,49,54)/t33?,34-/m0/s1. The molecule has 14 nitrogen and oxygen atoms in total. The summed E-state index contributed by atoms with van der Waals surface area (Å²) in [6.45, 7) is 2.69. The highest BCUT2D eigenvalue weighted by Gasteiger charge is 2.31. The average molecular weight is 785 g/mol. The number of rotatable bonds is 13. The number of nitrogen functional groups attached to an aromatic ring is 1. The smallest absolute Gasteiger partial charge is 0.272 e. The molecule has 7 rings (SSSR count). The summed E-state index contributed by atoms with van der Waals surface area (Å²) in [5.74, 6) is 0.0465. The van der Waals surface area contributed by atoms with Crippen molar-refractivity contribution < 1.29 is 28.7 Å². The Bertz CT molecular complexity index is 2360. The molecule has 2 aliphatic rings. The van der Waals surface area contributed by atoms with Gasteiger partial charge in [-0.1, -0.05) is 19.1 Å². The van der Waals surface area contributed by atoms with Gasteiger partial charge >= 0.3 is 0 Å². The van der Waals surface area contributed by atoms with Crippen molar-refractivity contribution in [2.75, 3.05) is 35.3 Å². The van der Waals surface area contributed by atoms with E-state index in [1.54, 1.807) is 77.0 Å². The Balaban J connectivity index is 0.927. The lowest BCUT2D eigenvalue weighted by Crippen LogP contribution is -2.43. The number of carbonyl (C=O) groups excluding carboxylic acids is 4. The minimum Gasteiger partial charge on any atom is -0.493 e. The molecule has 58 heavy (non-hydrogen) atoms. The van der Waals surface area contributed by atoms with E-state index in [0.29, 0.717) is 76.3 Å². The lowest BCUT2D eigenvalue weighted by atomic mass is 10.0. The van der Waals surface area contributed by atoms with Crippen LogP contribution in [0.2, 0.25) is 0 Å². The summed E-state index contributed by atoms with van der Waals surface area (Å²) in [6, 6.07) is 21.2. The van der Waals surface area contributed by atoms with Gasteiger partial charge in [0.05, 0.1) is 36.2 Å². The van der Waals surface area contributed by atoms with E-state index in [4.69, 9.17) is 15.2 Å². The number of aromatic nitrogens is 2. The summed E-state index contributed by atoms with van der Waals surface area (Å²) in [6.07, 6.45) is 9.29. The first-order valence-electron chi connectivity index (χ1n) is 19.4. The molecule has 2 atom stereocenters. The molecule has 2 aliphatic heterocycles. The summed E-state index contributed by atoms with van der Waals surface area (Å²) in [4.78, 5) is 59.3. The molecule has 1 saturated heterocycles. The first-order valence-corrected chi connectivity index (χ1v) is 19.4. The van der Waals surface area contributed by atoms with Crippen molar-refractivity contribution in [2.24, 2.45) is 19.1 Å². The number of aryl methyl sites for hydroxylation is 2. The van der Waals surface area contributed by atoms with Gasteiger partial charge in [0.1, 0.15) is 11.4 Å². The highest BCUT2D eigenvalue weighted by molar-refractivity contribution is 6.06. The fourth-order valence-corrected chi connectivity index (χ4v) is 7.32. The number of piperidine rings is 1. The molecule has 1 unspecified atom stereocenters. The van der Waals surface area contributed by atoms with E-state index in [1.807, 2.05) is 49.5 Å². The van der Waals surface area contributed by atoms with Crippen LogP contribution in [0.15, 0.2) is 90.2 Å². The van der Waals surface area contributed by atoms with Crippen LogP contribution >= 0.6 is 0 Å². The molecule has 5 aromatic rings. The number of methoxy groups -OCH3 is 1. The topological polar surface area (TPSA) is 174 Å². The van der Waals surface area contributed by atoms with Crippen LogP contribution in [0.1, 0.15) is 76.8 Å². The lowest BCUT2D eigenvalue weighted by Gasteiger charge is -2.32. The predicted molar refractivity (Wildman–Crippen MR) is 225 cm³/mol. The van der Waals surface area contributed by atoms with E-state index < -0.39 is 0 Å². The SMILES string of the molecule is CC[C@@H](CCC(=O)Nc1cc(C(=O)Nc2ccc(-c3cc(C(=O)Nc4ccc(N)cc4)n(C)c3)cc2)n(C)c1)Oc1cc2c(cc1OC)C(=O)N1CCCCC1C=N2. The van der Waals surface area contributed by atoms with Crippen molar-refractivity contribution in [2.45, 2.75) is 57.6 Å². The minimum atomic E-state index is -0.340. The van der Waals surface area contributed by atoms with Gasteiger partial charge in [0.25, 0.3) is 17.7 Å². The largest absolute Gasteiger partial charge is 0.493 e. The molecule has 2 aromatic heterocycles. The third-order valence-electron chi connectivity index (χ3n) is 10.6. The Kier molecular flexibility index (Phi) is 11.6. The average Bonchev–Trinajstić information content (AvgIpc) is 3.76. The third-order valence-corrected chi connectivity index (χ3v) is 10.6. The second-order valence-electron chi connectivity index (χ2n) is 14.7. The molecule has 4 amide bonds. The van der Waals surface area contributed by atoms with E-state index in [9.17, 15) is 19.2 Å². The summed E-state index contributed by atoms with van der Waals surface area (Å²) >= 11 is 0. The number of nitrogens with zero attached hydrogens (tertiary/aromatic N) is 4. The van der Waals surface area contributed by atoms with Gasteiger partial charge in [-0.3, -0.25) is 24.2 Å². The van der Waals surface area contributed by atoms with Gasteiger partial charge in [-0.05, 0) is 92.3 Å². The van der Waals surface area contributed by atoms with Gasteiger partial charge in [0, 0.05) is 74.4 Å². The maximum Gasteiger partial charge on any atom is 0.272 e. The monoisotopic (exact) mass is 784 g/mol. The minimum absolute atomic E-state index is 0.0137. The van der Waals surface area contributed by atoms with Gasteiger partial charge in [-0.2, -0.15) is 0 Å². The molecule has 1 fully saturated rings. The van der Waals surface area contributed by atoms with Gasteiger partial charge in [0.2, 0.25) is 5.91 Å². The number of benzene rings is 3. The van der Waals surface area contributed by atoms with E-state index in [2.05, 4.69) is 20.9 Å². The van der Waals surface area contributed by atoms with Crippen molar-refractivity contribution in [3.8, 4) is 22.6 Å². The maximum absolute atomic E-state index is 13.4. The van der Waals surface area contributed by atoms with E-state index in [-0.39, 0.29) is 42.2 Å². The summed E-state index contributed by atoms with van der Waals surface area (Å²) in [5.41, 5.74) is 11.7. The molecule has 0 spiro atoms. The first-order chi connectivity index (χ1) is 28.0. The number of nitrogens with two attached hydrogens (primary N) is 1. The lowest BCUT2D eigenvalue weighted by molar-refractivity contribution is -0.116. The zero-order valence-corrected chi connectivity index (χ0v) is 33.1. The second kappa shape index (κ2) is 17.1. The van der Waals surface area contributed by atoms with E-state index >= 15 is 0 Å². The van der Waals surface area contributed by atoms with E-state index in [1.165, 1.54) is 7.11 Å². The highest BCUT2D eigenvalue weighted by atomic mass is 16.5. The molecule has 0 aliphatic carbocycles. The predicted octanol–water partition coefficient (Wildman–Crippen LogP) is 7.41. The van der Waals surface area contributed by atoms with Crippen LogP contribution in [0.25, 0.3) is 11.1 Å². The second-order valence-corrected chi connectivity index (χ2v) is 14.7. The number of amides is 4. The van der Waals surface area contributed by atoms with Crippen LogP contribution in [-0.2, 0) is 18.9 Å². The van der Waals surface area contributed by atoms with Gasteiger partial charge in [-0.25, -0.2) is 0 Å². The van der Waals surface area contributed by atoms with Crippen LogP contribution in [-0.4, -0.2) is 69.7 Å². The maximum atomic E-state index is 13.4. The zero-order valence-electron chi connectivity index (χ0n) is 33.1. The fourth-order valence-electron chi connectivity index (χ4n) is 7.32. The number of nitrogens with one attached hydrogen (secondary N) is 3. The normalized spacial score (nSPS) is 15.1. The fraction of sp³-hybridized carbons (Fsp3) is 0.295. The number of fused-ring (bicyclic) bond motifs is 2. The van der Waals surface area contributed by atoms with Crippen molar-refractivity contribution in [3.63, 3.8) is 0 Å². The van der Waals surface area contributed by atoms with Crippen LogP contribution in [0.5, 0.6) is 11.5 Å². The van der Waals surface area contributed by atoms with Crippen LogP contribution in [0.4, 0.5) is 28.4 Å². The Morgan fingerprint density at radius 2 is 1.50 bits per heavy atom. The Morgan fingerprint density at radius 3 is 2.19 bits per heavy atom. The number of hydrogen-bond donors (Lipinski definition) is 4. The number of carbonyl (C=O) groups is 4. The number of anilines is 4. The molecule has 14 heteroatoms. The van der Waals surface area contributed by atoms with E-state index in [0.717, 1.165) is 30.4 Å². The third kappa shape index (κ3) is 8.75. The zero-order chi connectivity index (χ0) is 40.9. The quantitative estimate of drug-likeness (QED) is 0.0900. The molecular weight excluding hydrogens is 737 g/mol. The Hall–Kier alpha value is -6.83. The molecule has 0 radical (unpaired) electrons. The van der Waals surface area contributed by atoms with Crippen molar-refractivity contribution in [3.05, 3.63) is 102 Å². The molecule has 4 heterocycles. The number of ether oxygens (including phenoxy) is 2. The Morgan fingerprint density at radius 1 is 0.828 bits per heavy atom. The molecule has 300 valence electrons. The van der Waals surface area contributed by atoms with Crippen LogP contribution < -0.4 is 31.2 Å². The van der Waals surface area contributed by atoms with Crippen LogP contribution in [0.3, 0.4) is 0 Å². The van der Waals surface area contributed by atoms with Gasteiger partial charge < -0.3 is 45.2 Å². The molecule has 3 aromatic carbocycles. The van der Waals surface area contributed by atoms with Crippen molar-refractivity contribution in [1.29, 1.82) is 0 Å². The summed E-state index contributed by atoms with van der Waals surface area (Å²) in [7, 11) is 5.09. The molecule has 5 N–H and O–H groups in total.